The Labute approximate surface area is 112 Å². The molecular weight excluding hydrogens is 248 g/mol. The molecule has 0 bridgehead atoms. The molecule has 2 aromatic rings. The molecule has 0 amide bonds. The lowest BCUT2D eigenvalue weighted by Gasteiger charge is -2.20. The fourth-order valence-electron chi connectivity index (χ4n) is 2.05. The minimum absolute atomic E-state index is 0.0150. The normalized spacial score (nSPS) is 12.7. The maximum Gasteiger partial charge on any atom is 0.148 e. The summed E-state index contributed by atoms with van der Waals surface area (Å²) in [4.78, 5) is 4.33. The van der Waals surface area contributed by atoms with Gasteiger partial charge in [0.05, 0.1) is 6.04 Å². The van der Waals surface area contributed by atoms with Crippen molar-refractivity contribution in [2.45, 2.75) is 19.9 Å². The molecule has 1 aromatic heterocycles. The van der Waals surface area contributed by atoms with Gasteiger partial charge in [0.15, 0.2) is 0 Å². The molecule has 0 spiro atoms. The van der Waals surface area contributed by atoms with Crippen molar-refractivity contribution in [3.05, 3.63) is 46.5 Å². The Bertz CT molecular complexity index is 536. The Morgan fingerprint density at radius 2 is 2.22 bits per heavy atom. The number of aromatic nitrogens is 3. The molecule has 18 heavy (non-hydrogen) atoms. The van der Waals surface area contributed by atoms with E-state index in [1.165, 1.54) is 0 Å². The zero-order valence-electron chi connectivity index (χ0n) is 10.8. The minimum Gasteiger partial charge on any atom is -0.304 e. The number of hydrogen-bond acceptors (Lipinski definition) is 3. The van der Waals surface area contributed by atoms with Crippen molar-refractivity contribution >= 4 is 11.6 Å². The first-order valence-corrected chi connectivity index (χ1v) is 6.35. The van der Waals surface area contributed by atoms with Crippen LogP contribution < -0.4 is 5.32 Å². The maximum atomic E-state index is 6.19. The molecule has 0 saturated heterocycles. The molecule has 0 fully saturated rings. The lowest BCUT2D eigenvalue weighted by Crippen LogP contribution is -2.25. The highest BCUT2D eigenvalue weighted by molar-refractivity contribution is 6.31. The Kier molecular flexibility index (Phi) is 3.99. The predicted molar refractivity (Wildman–Crippen MR) is 72.7 cm³/mol. The van der Waals surface area contributed by atoms with Crippen LogP contribution in [0.5, 0.6) is 0 Å². The molecule has 0 radical (unpaired) electrons. The van der Waals surface area contributed by atoms with Crippen LogP contribution in [-0.2, 0) is 7.05 Å². The van der Waals surface area contributed by atoms with E-state index in [1.54, 1.807) is 11.0 Å². The van der Waals surface area contributed by atoms with E-state index in [0.717, 1.165) is 28.5 Å². The average molecular weight is 265 g/mol. The van der Waals surface area contributed by atoms with Gasteiger partial charge in [-0.25, -0.2) is 4.98 Å². The smallest absolute Gasteiger partial charge is 0.148 e. The first kappa shape index (κ1) is 13.1. The van der Waals surface area contributed by atoms with Crippen LogP contribution in [0.4, 0.5) is 0 Å². The highest BCUT2D eigenvalue weighted by Crippen LogP contribution is 2.27. The van der Waals surface area contributed by atoms with Crippen molar-refractivity contribution in [3.8, 4) is 0 Å². The van der Waals surface area contributed by atoms with Crippen molar-refractivity contribution in [2.75, 3.05) is 6.54 Å². The first-order chi connectivity index (χ1) is 8.65. The molecule has 1 unspecified atom stereocenters. The van der Waals surface area contributed by atoms with Crippen LogP contribution in [0.25, 0.3) is 0 Å². The number of aryl methyl sites for hydroxylation is 1. The second-order valence-electron chi connectivity index (χ2n) is 4.19. The molecule has 0 aliphatic carbocycles. The second-order valence-corrected chi connectivity index (χ2v) is 4.59. The summed E-state index contributed by atoms with van der Waals surface area (Å²) in [6, 6.07) is 5.95. The van der Waals surface area contributed by atoms with E-state index >= 15 is 0 Å². The monoisotopic (exact) mass is 264 g/mol. The van der Waals surface area contributed by atoms with E-state index < -0.39 is 0 Å². The summed E-state index contributed by atoms with van der Waals surface area (Å²) in [5.41, 5.74) is 2.22. The number of benzene rings is 1. The van der Waals surface area contributed by atoms with E-state index in [1.807, 2.05) is 26.1 Å². The Balaban J connectivity index is 2.48. The van der Waals surface area contributed by atoms with Crippen LogP contribution in [0.1, 0.15) is 29.9 Å². The topological polar surface area (TPSA) is 42.7 Å². The highest BCUT2D eigenvalue weighted by Gasteiger charge is 2.20. The standard InChI is InChI=1S/C13H17ClN4/c1-4-15-12(13-16-8-17-18(13)3)10-6-5-7-11(14)9(10)2/h5-8,12,15H,4H2,1-3H3. The fraction of sp³-hybridized carbons (Fsp3) is 0.385. The summed E-state index contributed by atoms with van der Waals surface area (Å²) >= 11 is 6.19. The van der Waals surface area contributed by atoms with E-state index in [9.17, 15) is 0 Å². The van der Waals surface area contributed by atoms with Crippen molar-refractivity contribution in [1.82, 2.24) is 20.1 Å². The third kappa shape index (κ3) is 2.40. The number of halogens is 1. The minimum atomic E-state index is 0.0150. The van der Waals surface area contributed by atoms with Gasteiger partial charge in [-0.05, 0) is 30.7 Å². The summed E-state index contributed by atoms with van der Waals surface area (Å²) in [5.74, 6) is 0.891. The summed E-state index contributed by atoms with van der Waals surface area (Å²) in [7, 11) is 1.90. The zero-order valence-corrected chi connectivity index (χ0v) is 11.6. The predicted octanol–water partition coefficient (Wildman–Crippen LogP) is 2.48. The van der Waals surface area contributed by atoms with Crippen molar-refractivity contribution in [2.24, 2.45) is 7.05 Å². The summed E-state index contributed by atoms with van der Waals surface area (Å²) < 4.78 is 1.79. The third-order valence-corrected chi connectivity index (χ3v) is 3.44. The first-order valence-electron chi connectivity index (χ1n) is 5.97. The number of nitrogens with one attached hydrogen (secondary N) is 1. The average Bonchev–Trinajstić information content (AvgIpc) is 2.76. The van der Waals surface area contributed by atoms with Gasteiger partial charge in [-0.15, -0.1) is 0 Å². The van der Waals surface area contributed by atoms with E-state index in [0.29, 0.717) is 0 Å². The van der Waals surface area contributed by atoms with Gasteiger partial charge in [0.1, 0.15) is 12.2 Å². The van der Waals surface area contributed by atoms with Crippen LogP contribution in [0, 0.1) is 6.92 Å². The second kappa shape index (κ2) is 5.50. The largest absolute Gasteiger partial charge is 0.304 e. The maximum absolute atomic E-state index is 6.19. The Hall–Kier alpha value is -1.39. The van der Waals surface area contributed by atoms with Crippen molar-refractivity contribution in [3.63, 3.8) is 0 Å². The van der Waals surface area contributed by atoms with Gasteiger partial charge < -0.3 is 5.32 Å². The van der Waals surface area contributed by atoms with Crippen LogP contribution >= 0.6 is 11.6 Å². The molecule has 0 saturated carbocycles. The highest BCUT2D eigenvalue weighted by atomic mass is 35.5. The number of nitrogens with zero attached hydrogens (tertiary/aromatic N) is 3. The molecule has 4 nitrogen and oxygen atoms in total. The van der Waals surface area contributed by atoms with Gasteiger partial charge in [-0.2, -0.15) is 5.10 Å². The third-order valence-electron chi connectivity index (χ3n) is 3.03. The molecular formula is C13H17ClN4. The lowest BCUT2D eigenvalue weighted by molar-refractivity contribution is 0.557. The van der Waals surface area contributed by atoms with Gasteiger partial charge in [-0.3, -0.25) is 4.68 Å². The van der Waals surface area contributed by atoms with Crippen LogP contribution in [0.3, 0.4) is 0 Å². The molecule has 0 aliphatic rings. The van der Waals surface area contributed by atoms with Crippen molar-refractivity contribution in [1.29, 1.82) is 0 Å². The molecule has 5 heteroatoms. The lowest BCUT2D eigenvalue weighted by atomic mass is 10.0. The molecule has 96 valence electrons. The van der Waals surface area contributed by atoms with Crippen LogP contribution in [-0.4, -0.2) is 21.3 Å². The molecule has 2 rings (SSSR count). The summed E-state index contributed by atoms with van der Waals surface area (Å²) in [5, 5.41) is 8.33. The van der Waals surface area contributed by atoms with E-state index in [4.69, 9.17) is 11.6 Å². The zero-order chi connectivity index (χ0) is 13.1. The number of rotatable bonds is 4. The van der Waals surface area contributed by atoms with Gasteiger partial charge in [0.25, 0.3) is 0 Å². The number of hydrogen-bond donors (Lipinski definition) is 1. The Morgan fingerprint density at radius 3 is 2.83 bits per heavy atom. The van der Waals surface area contributed by atoms with Crippen molar-refractivity contribution < 1.29 is 0 Å². The molecule has 1 atom stereocenters. The van der Waals surface area contributed by atoms with Crippen LogP contribution in [0.2, 0.25) is 5.02 Å². The van der Waals surface area contributed by atoms with Gasteiger partial charge >= 0.3 is 0 Å². The van der Waals surface area contributed by atoms with Gasteiger partial charge in [0, 0.05) is 12.1 Å². The molecule has 0 aliphatic heterocycles. The quantitative estimate of drug-likeness (QED) is 0.923. The van der Waals surface area contributed by atoms with E-state index in [-0.39, 0.29) is 6.04 Å². The van der Waals surface area contributed by atoms with Gasteiger partial charge in [-0.1, -0.05) is 30.7 Å². The SMILES string of the molecule is CCNC(c1cccc(Cl)c1C)c1ncnn1C. The van der Waals surface area contributed by atoms with Crippen LogP contribution in [0.15, 0.2) is 24.5 Å². The summed E-state index contributed by atoms with van der Waals surface area (Å²) in [6.07, 6.45) is 1.57. The molecule has 1 heterocycles. The molecule has 1 N–H and O–H groups in total. The van der Waals surface area contributed by atoms with Gasteiger partial charge in [0.2, 0.25) is 0 Å². The fourth-order valence-corrected chi connectivity index (χ4v) is 2.23. The summed E-state index contributed by atoms with van der Waals surface area (Å²) in [6.45, 7) is 4.95. The Morgan fingerprint density at radius 1 is 1.44 bits per heavy atom. The van der Waals surface area contributed by atoms with E-state index in [2.05, 4.69) is 28.4 Å². The molecule has 1 aromatic carbocycles.